The summed E-state index contributed by atoms with van der Waals surface area (Å²) in [5, 5.41) is 5.75. The number of aromatic nitrogens is 1. The maximum absolute atomic E-state index is 12.6. The molecule has 4 rings (SSSR count). The van der Waals surface area contributed by atoms with Gasteiger partial charge in [-0.25, -0.2) is 4.98 Å². The van der Waals surface area contributed by atoms with E-state index in [0.29, 0.717) is 6.04 Å². The Labute approximate surface area is 181 Å². The van der Waals surface area contributed by atoms with Gasteiger partial charge in [-0.2, -0.15) is 0 Å². The van der Waals surface area contributed by atoms with Gasteiger partial charge in [0.2, 0.25) is 5.91 Å². The van der Waals surface area contributed by atoms with Gasteiger partial charge in [0.25, 0.3) is 0 Å². The summed E-state index contributed by atoms with van der Waals surface area (Å²) in [4.78, 5) is 32.0. The van der Waals surface area contributed by atoms with Crippen LogP contribution in [0.2, 0.25) is 0 Å². The van der Waals surface area contributed by atoms with E-state index in [9.17, 15) is 9.59 Å². The maximum atomic E-state index is 12.6. The van der Waals surface area contributed by atoms with Crippen LogP contribution >= 0.6 is 11.3 Å². The highest BCUT2D eigenvalue weighted by molar-refractivity contribution is 7.09. The molecule has 0 spiro atoms. The molecular formula is C23H29N3O3S. The molecule has 2 bridgehead atoms. The van der Waals surface area contributed by atoms with Crippen molar-refractivity contribution in [3.05, 3.63) is 46.4 Å². The zero-order valence-electron chi connectivity index (χ0n) is 17.8. The predicted molar refractivity (Wildman–Crippen MR) is 117 cm³/mol. The van der Waals surface area contributed by atoms with E-state index < -0.39 is 5.60 Å². The molecule has 7 heteroatoms. The Morgan fingerprint density at radius 2 is 2.00 bits per heavy atom. The number of thiazole rings is 1. The van der Waals surface area contributed by atoms with Crippen LogP contribution in [-0.2, 0) is 27.3 Å². The standard InChI is InChI=1S/C23H29N3O3S/c1-23(2,3)29-22(28)18-11-17-9-10-19(18)26(17)13-16-14-30-21(25-16)12-20(27)24-15-7-5-4-6-8-15/h4-8,14,17-19H,9-13H2,1-3H3,(H,24,27). The summed E-state index contributed by atoms with van der Waals surface area (Å²) in [5.41, 5.74) is 1.32. The molecule has 6 nitrogen and oxygen atoms in total. The SMILES string of the molecule is CC(C)(C)OC(=O)C1CC2CCC1N2Cc1csc(CC(=O)Nc2ccccc2)n1. The van der Waals surface area contributed by atoms with Crippen molar-refractivity contribution in [3.8, 4) is 0 Å². The predicted octanol–water partition coefficient (Wildman–Crippen LogP) is 4.02. The van der Waals surface area contributed by atoms with Crippen LogP contribution in [-0.4, -0.2) is 39.4 Å². The highest BCUT2D eigenvalue weighted by Gasteiger charge is 2.50. The molecule has 1 aromatic carbocycles. The van der Waals surface area contributed by atoms with Crippen molar-refractivity contribution in [2.45, 2.75) is 70.7 Å². The second-order valence-electron chi connectivity index (χ2n) is 9.17. The monoisotopic (exact) mass is 427 g/mol. The van der Waals surface area contributed by atoms with Crippen molar-refractivity contribution in [1.82, 2.24) is 9.88 Å². The number of benzene rings is 1. The summed E-state index contributed by atoms with van der Waals surface area (Å²) < 4.78 is 5.65. The van der Waals surface area contributed by atoms with Crippen LogP contribution in [0.3, 0.4) is 0 Å². The number of carbonyl (C=O) groups excluding carboxylic acids is 2. The normalized spacial score (nSPS) is 23.5. The molecule has 3 atom stereocenters. The molecule has 1 amide bonds. The zero-order valence-corrected chi connectivity index (χ0v) is 18.6. The lowest BCUT2D eigenvalue weighted by molar-refractivity contribution is -0.161. The lowest BCUT2D eigenvalue weighted by atomic mass is 9.89. The number of carbonyl (C=O) groups is 2. The largest absolute Gasteiger partial charge is 0.460 e. The molecule has 2 fully saturated rings. The molecule has 3 unspecified atom stereocenters. The molecule has 1 aromatic heterocycles. The van der Waals surface area contributed by atoms with Crippen LogP contribution < -0.4 is 5.32 Å². The average molecular weight is 428 g/mol. The fraction of sp³-hybridized carbons (Fsp3) is 0.522. The van der Waals surface area contributed by atoms with Gasteiger partial charge < -0.3 is 10.1 Å². The van der Waals surface area contributed by atoms with Gasteiger partial charge in [0.1, 0.15) is 10.6 Å². The molecule has 160 valence electrons. The number of anilines is 1. The molecular weight excluding hydrogens is 398 g/mol. The first kappa shape index (κ1) is 21.0. The molecule has 3 heterocycles. The van der Waals surface area contributed by atoms with E-state index in [1.54, 1.807) is 0 Å². The van der Waals surface area contributed by atoms with Gasteiger partial charge in [0.15, 0.2) is 0 Å². The van der Waals surface area contributed by atoms with Gasteiger partial charge in [0, 0.05) is 29.7 Å². The second-order valence-corrected chi connectivity index (χ2v) is 10.1. The van der Waals surface area contributed by atoms with Crippen LogP contribution in [0.4, 0.5) is 5.69 Å². The molecule has 30 heavy (non-hydrogen) atoms. The van der Waals surface area contributed by atoms with Crippen molar-refractivity contribution in [3.63, 3.8) is 0 Å². The Hall–Kier alpha value is -2.25. The van der Waals surface area contributed by atoms with Gasteiger partial charge in [-0.15, -0.1) is 11.3 Å². The maximum Gasteiger partial charge on any atom is 0.311 e. The number of para-hydroxylation sites is 1. The average Bonchev–Trinajstić information content (AvgIpc) is 3.37. The summed E-state index contributed by atoms with van der Waals surface area (Å²) >= 11 is 1.52. The summed E-state index contributed by atoms with van der Waals surface area (Å²) in [5.74, 6) is -0.178. The number of hydrogen-bond donors (Lipinski definition) is 1. The molecule has 2 aliphatic heterocycles. The molecule has 0 aliphatic carbocycles. The third kappa shape index (κ3) is 4.90. The second kappa shape index (κ2) is 8.47. The Bertz CT molecular complexity index is 906. The van der Waals surface area contributed by atoms with Crippen LogP contribution in [0.1, 0.15) is 50.7 Å². The lowest BCUT2D eigenvalue weighted by Gasteiger charge is -2.26. The van der Waals surface area contributed by atoms with E-state index in [1.165, 1.54) is 11.3 Å². The summed E-state index contributed by atoms with van der Waals surface area (Å²) in [6.07, 6.45) is 3.30. The van der Waals surface area contributed by atoms with E-state index in [0.717, 1.165) is 42.2 Å². The molecule has 2 aromatic rings. The van der Waals surface area contributed by atoms with E-state index in [2.05, 4.69) is 15.2 Å². The molecule has 2 aliphatic rings. The zero-order chi connectivity index (χ0) is 21.3. The minimum atomic E-state index is -0.451. The summed E-state index contributed by atoms with van der Waals surface area (Å²) in [6.45, 7) is 6.48. The van der Waals surface area contributed by atoms with Crippen molar-refractivity contribution < 1.29 is 14.3 Å². The van der Waals surface area contributed by atoms with E-state index >= 15 is 0 Å². The number of esters is 1. The number of nitrogens with zero attached hydrogens (tertiary/aromatic N) is 2. The third-order valence-electron chi connectivity index (χ3n) is 5.70. The van der Waals surface area contributed by atoms with Gasteiger partial charge in [-0.05, 0) is 52.2 Å². The fourth-order valence-corrected chi connectivity index (χ4v) is 5.32. The van der Waals surface area contributed by atoms with Gasteiger partial charge in [-0.3, -0.25) is 14.5 Å². The number of fused-ring (bicyclic) bond motifs is 2. The topological polar surface area (TPSA) is 71.5 Å². The highest BCUT2D eigenvalue weighted by Crippen LogP contribution is 2.43. The van der Waals surface area contributed by atoms with Gasteiger partial charge in [0.05, 0.1) is 18.0 Å². The van der Waals surface area contributed by atoms with Gasteiger partial charge in [-0.1, -0.05) is 18.2 Å². The molecule has 0 saturated carbocycles. The van der Waals surface area contributed by atoms with Crippen molar-refractivity contribution >= 4 is 28.9 Å². The summed E-state index contributed by atoms with van der Waals surface area (Å²) in [7, 11) is 0. The van der Waals surface area contributed by atoms with Crippen molar-refractivity contribution in [2.24, 2.45) is 5.92 Å². The number of amides is 1. The van der Waals surface area contributed by atoms with Crippen molar-refractivity contribution in [1.29, 1.82) is 0 Å². The molecule has 1 N–H and O–H groups in total. The van der Waals surface area contributed by atoms with E-state index in [-0.39, 0.29) is 30.3 Å². The Morgan fingerprint density at radius 3 is 2.73 bits per heavy atom. The highest BCUT2D eigenvalue weighted by atomic mass is 32.1. The first-order chi connectivity index (χ1) is 14.3. The van der Waals surface area contributed by atoms with Crippen LogP contribution in [0, 0.1) is 5.92 Å². The van der Waals surface area contributed by atoms with Gasteiger partial charge >= 0.3 is 5.97 Å². The molecule has 0 radical (unpaired) electrons. The number of ether oxygens (including phenoxy) is 1. The van der Waals surface area contributed by atoms with Crippen LogP contribution in [0.5, 0.6) is 0 Å². The van der Waals surface area contributed by atoms with E-state index in [4.69, 9.17) is 4.74 Å². The van der Waals surface area contributed by atoms with E-state index in [1.807, 2.05) is 56.5 Å². The first-order valence-electron chi connectivity index (χ1n) is 10.6. The number of rotatable bonds is 6. The van der Waals surface area contributed by atoms with Crippen LogP contribution in [0.15, 0.2) is 35.7 Å². The minimum absolute atomic E-state index is 0.0438. The minimum Gasteiger partial charge on any atom is -0.460 e. The number of nitrogens with one attached hydrogen (secondary N) is 1. The third-order valence-corrected chi connectivity index (χ3v) is 6.60. The summed E-state index contributed by atoms with van der Waals surface area (Å²) in [6, 6.07) is 10.1. The lowest BCUT2D eigenvalue weighted by Crippen LogP contribution is -2.36. The number of hydrogen-bond acceptors (Lipinski definition) is 6. The molecule has 2 saturated heterocycles. The van der Waals surface area contributed by atoms with Crippen molar-refractivity contribution in [2.75, 3.05) is 5.32 Å². The quantitative estimate of drug-likeness (QED) is 0.705. The Morgan fingerprint density at radius 1 is 1.23 bits per heavy atom. The first-order valence-corrected chi connectivity index (χ1v) is 11.4. The fourth-order valence-electron chi connectivity index (χ4n) is 4.53. The smallest absolute Gasteiger partial charge is 0.311 e. The van der Waals surface area contributed by atoms with Crippen LogP contribution in [0.25, 0.3) is 0 Å². The Kier molecular flexibility index (Phi) is 5.93. The Balaban J connectivity index is 1.34.